The molecule has 0 saturated heterocycles. The van der Waals surface area contributed by atoms with Crippen molar-refractivity contribution in [2.24, 2.45) is 0 Å². The third kappa shape index (κ3) is 5.83. The van der Waals surface area contributed by atoms with Crippen LogP contribution >= 0.6 is 0 Å². The Morgan fingerprint density at radius 3 is 2.52 bits per heavy atom. The minimum absolute atomic E-state index is 0.0709. The van der Waals surface area contributed by atoms with E-state index in [0.29, 0.717) is 26.2 Å². The van der Waals surface area contributed by atoms with E-state index in [1.54, 1.807) is 24.2 Å². The van der Waals surface area contributed by atoms with Gasteiger partial charge in [0, 0.05) is 26.7 Å². The number of ether oxygens (including phenoxy) is 1. The highest BCUT2D eigenvalue weighted by atomic mass is 16.5. The Balaban J connectivity index is 2.60. The van der Waals surface area contributed by atoms with Gasteiger partial charge in [-0.05, 0) is 17.7 Å². The van der Waals surface area contributed by atoms with Crippen LogP contribution in [0.4, 0.5) is 0 Å². The number of nitrogens with zero attached hydrogens (tertiary/aromatic N) is 2. The van der Waals surface area contributed by atoms with Gasteiger partial charge in [-0.25, -0.2) is 0 Å². The van der Waals surface area contributed by atoms with Crippen LogP contribution in [0.1, 0.15) is 5.56 Å². The van der Waals surface area contributed by atoms with Crippen molar-refractivity contribution >= 4 is 5.91 Å². The predicted octanol–water partition coefficient (Wildman–Crippen LogP) is 2.33. The molecular formula is C17H24N2O2. The van der Waals surface area contributed by atoms with E-state index in [1.165, 1.54) is 0 Å². The molecule has 4 nitrogen and oxygen atoms in total. The Morgan fingerprint density at radius 2 is 1.95 bits per heavy atom. The Labute approximate surface area is 127 Å². The van der Waals surface area contributed by atoms with Gasteiger partial charge in [0.25, 0.3) is 0 Å². The molecule has 0 aliphatic heterocycles. The van der Waals surface area contributed by atoms with E-state index in [0.717, 1.165) is 11.3 Å². The summed E-state index contributed by atoms with van der Waals surface area (Å²) in [7, 11) is 3.44. The normalized spacial score (nSPS) is 10.2. The second-order valence-electron chi connectivity index (χ2n) is 4.87. The molecule has 0 aromatic heterocycles. The highest BCUT2D eigenvalue weighted by Gasteiger charge is 2.13. The molecule has 0 aliphatic carbocycles. The van der Waals surface area contributed by atoms with Crippen molar-refractivity contribution in [3.8, 4) is 5.75 Å². The average molecular weight is 288 g/mol. The van der Waals surface area contributed by atoms with Crippen molar-refractivity contribution < 1.29 is 9.53 Å². The van der Waals surface area contributed by atoms with Crippen LogP contribution in [0, 0.1) is 0 Å². The lowest BCUT2D eigenvalue weighted by atomic mass is 10.2. The quantitative estimate of drug-likeness (QED) is 0.654. The van der Waals surface area contributed by atoms with Crippen molar-refractivity contribution in [1.29, 1.82) is 0 Å². The molecule has 114 valence electrons. The fraction of sp³-hybridized carbons (Fsp3) is 0.353. The van der Waals surface area contributed by atoms with Crippen LogP contribution in [0.3, 0.4) is 0 Å². The zero-order chi connectivity index (χ0) is 15.7. The molecule has 0 aliphatic rings. The molecule has 0 atom stereocenters. The van der Waals surface area contributed by atoms with Crippen LogP contribution in [0.15, 0.2) is 49.6 Å². The van der Waals surface area contributed by atoms with Gasteiger partial charge in [0.15, 0.2) is 0 Å². The van der Waals surface area contributed by atoms with Crippen LogP contribution in [-0.2, 0) is 11.3 Å². The molecule has 1 amide bonds. The molecule has 0 bridgehead atoms. The molecule has 1 rings (SSSR count). The van der Waals surface area contributed by atoms with E-state index in [2.05, 4.69) is 13.2 Å². The minimum atomic E-state index is 0.0709. The summed E-state index contributed by atoms with van der Waals surface area (Å²) in [5.41, 5.74) is 1.05. The molecule has 21 heavy (non-hydrogen) atoms. The molecule has 0 radical (unpaired) electrons. The van der Waals surface area contributed by atoms with Gasteiger partial charge in [-0.2, -0.15) is 0 Å². The third-order valence-corrected chi connectivity index (χ3v) is 3.11. The number of rotatable bonds is 9. The van der Waals surface area contributed by atoms with E-state index in [1.807, 2.05) is 36.2 Å². The van der Waals surface area contributed by atoms with E-state index < -0.39 is 0 Å². The SMILES string of the molecule is C=CCN(CC=C)CC(=O)N(C)Cc1cccc(OC)c1. The van der Waals surface area contributed by atoms with E-state index in [4.69, 9.17) is 4.74 Å². The summed E-state index contributed by atoms with van der Waals surface area (Å²) in [5, 5.41) is 0. The van der Waals surface area contributed by atoms with Gasteiger partial charge in [0.05, 0.1) is 13.7 Å². The number of amides is 1. The van der Waals surface area contributed by atoms with Gasteiger partial charge < -0.3 is 9.64 Å². The molecular weight excluding hydrogens is 264 g/mol. The van der Waals surface area contributed by atoms with Gasteiger partial charge in [0.2, 0.25) is 5.91 Å². The number of benzene rings is 1. The van der Waals surface area contributed by atoms with E-state index in [9.17, 15) is 4.79 Å². The predicted molar refractivity (Wildman–Crippen MR) is 86.3 cm³/mol. The summed E-state index contributed by atoms with van der Waals surface area (Å²) in [5.74, 6) is 0.870. The first kappa shape index (κ1) is 17.0. The maximum absolute atomic E-state index is 12.2. The van der Waals surface area contributed by atoms with Crippen LogP contribution in [-0.4, -0.2) is 49.5 Å². The van der Waals surface area contributed by atoms with Crippen LogP contribution in [0.2, 0.25) is 0 Å². The molecule has 1 aromatic carbocycles. The summed E-state index contributed by atoms with van der Waals surface area (Å²) < 4.78 is 5.19. The van der Waals surface area contributed by atoms with Crippen molar-refractivity contribution in [2.75, 3.05) is 33.8 Å². The van der Waals surface area contributed by atoms with Crippen molar-refractivity contribution in [2.45, 2.75) is 6.54 Å². The summed E-state index contributed by atoms with van der Waals surface area (Å²) in [4.78, 5) is 16.0. The Hall–Kier alpha value is -2.07. The molecule has 0 N–H and O–H groups in total. The summed E-state index contributed by atoms with van der Waals surface area (Å²) in [6, 6.07) is 7.74. The van der Waals surface area contributed by atoms with Crippen molar-refractivity contribution in [1.82, 2.24) is 9.80 Å². The molecule has 0 saturated carbocycles. The van der Waals surface area contributed by atoms with Crippen LogP contribution in [0.5, 0.6) is 5.75 Å². The minimum Gasteiger partial charge on any atom is -0.497 e. The zero-order valence-electron chi connectivity index (χ0n) is 12.9. The summed E-state index contributed by atoms with van der Waals surface area (Å²) in [6.07, 6.45) is 3.58. The largest absolute Gasteiger partial charge is 0.497 e. The topological polar surface area (TPSA) is 32.8 Å². The average Bonchev–Trinajstić information content (AvgIpc) is 2.47. The van der Waals surface area contributed by atoms with Gasteiger partial charge >= 0.3 is 0 Å². The highest BCUT2D eigenvalue weighted by Crippen LogP contribution is 2.14. The first-order chi connectivity index (χ1) is 10.1. The molecule has 0 spiro atoms. The molecule has 1 aromatic rings. The second-order valence-corrected chi connectivity index (χ2v) is 4.87. The van der Waals surface area contributed by atoms with Gasteiger partial charge in [-0.15, -0.1) is 13.2 Å². The van der Waals surface area contributed by atoms with Crippen molar-refractivity contribution in [3.05, 3.63) is 55.1 Å². The Kier molecular flexibility index (Phi) is 7.26. The van der Waals surface area contributed by atoms with Crippen LogP contribution in [0.25, 0.3) is 0 Å². The number of methoxy groups -OCH3 is 1. The molecule has 0 fully saturated rings. The number of likely N-dealkylation sites (N-methyl/N-ethyl adjacent to an activating group) is 1. The first-order valence-electron chi connectivity index (χ1n) is 6.91. The molecule has 0 heterocycles. The number of hydrogen-bond acceptors (Lipinski definition) is 3. The smallest absolute Gasteiger partial charge is 0.236 e. The van der Waals surface area contributed by atoms with Gasteiger partial charge in [0.1, 0.15) is 5.75 Å². The second kappa shape index (κ2) is 8.97. The maximum Gasteiger partial charge on any atom is 0.236 e. The van der Waals surface area contributed by atoms with Crippen molar-refractivity contribution in [3.63, 3.8) is 0 Å². The fourth-order valence-electron chi connectivity index (χ4n) is 2.01. The van der Waals surface area contributed by atoms with Gasteiger partial charge in [-0.1, -0.05) is 24.3 Å². The fourth-order valence-corrected chi connectivity index (χ4v) is 2.01. The standard InChI is InChI=1S/C17H24N2O2/c1-5-10-19(11-6-2)14-17(20)18(3)13-15-8-7-9-16(12-15)21-4/h5-9,12H,1-2,10-11,13-14H2,3-4H3. The molecule has 0 unspecified atom stereocenters. The Morgan fingerprint density at radius 1 is 1.29 bits per heavy atom. The summed E-state index contributed by atoms with van der Waals surface area (Å²) in [6.45, 7) is 9.68. The van der Waals surface area contributed by atoms with Crippen LogP contribution < -0.4 is 4.74 Å². The van der Waals surface area contributed by atoms with E-state index in [-0.39, 0.29) is 5.91 Å². The number of carbonyl (C=O) groups is 1. The summed E-state index contributed by atoms with van der Waals surface area (Å²) >= 11 is 0. The maximum atomic E-state index is 12.2. The number of hydrogen-bond donors (Lipinski definition) is 0. The molecule has 4 heteroatoms. The Bertz CT molecular complexity index is 475. The van der Waals surface area contributed by atoms with Gasteiger partial charge in [-0.3, -0.25) is 9.69 Å². The monoisotopic (exact) mass is 288 g/mol. The first-order valence-corrected chi connectivity index (χ1v) is 6.91. The third-order valence-electron chi connectivity index (χ3n) is 3.11. The lowest BCUT2D eigenvalue weighted by Crippen LogP contribution is -2.38. The lowest BCUT2D eigenvalue weighted by Gasteiger charge is -2.23. The number of carbonyl (C=O) groups excluding carboxylic acids is 1. The zero-order valence-corrected chi connectivity index (χ0v) is 12.9. The highest BCUT2D eigenvalue weighted by molar-refractivity contribution is 5.78. The van der Waals surface area contributed by atoms with E-state index >= 15 is 0 Å². The lowest BCUT2D eigenvalue weighted by molar-refractivity contribution is -0.131.